The van der Waals surface area contributed by atoms with E-state index in [1.54, 1.807) is 12.0 Å². The van der Waals surface area contributed by atoms with Crippen LogP contribution in [0.3, 0.4) is 0 Å². The SMILES string of the molecule is COc1cc2ccccc2cc1C(=O)N(CCO)Cc1ccccc1. The molecule has 0 saturated heterocycles. The molecule has 0 fully saturated rings. The normalized spacial score (nSPS) is 10.6. The minimum atomic E-state index is -0.152. The van der Waals surface area contributed by atoms with Crippen LogP contribution in [0.15, 0.2) is 66.7 Å². The maximum absolute atomic E-state index is 13.1. The highest BCUT2D eigenvalue weighted by molar-refractivity contribution is 6.01. The summed E-state index contributed by atoms with van der Waals surface area (Å²) in [6.45, 7) is 0.619. The Balaban J connectivity index is 1.97. The Morgan fingerprint density at radius 1 is 1.00 bits per heavy atom. The van der Waals surface area contributed by atoms with E-state index in [4.69, 9.17) is 4.74 Å². The highest BCUT2D eigenvalue weighted by Crippen LogP contribution is 2.27. The van der Waals surface area contributed by atoms with Crippen molar-refractivity contribution in [1.82, 2.24) is 4.90 Å². The second-order valence-corrected chi connectivity index (χ2v) is 5.84. The Morgan fingerprint density at radius 3 is 2.28 bits per heavy atom. The van der Waals surface area contributed by atoms with Gasteiger partial charge in [0.1, 0.15) is 5.75 Å². The number of ether oxygens (including phenoxy) is 1. The number of carbonyl (C=O) groups is 1. The number of benzene rings is 3. The molecule has 0 bridgehead atoms. The molecule has 1 N–H and O–H groups in total. The molecule has 25 heavy (non-hydrogen) atoms. The standard InChI is InChI=1S/C21H21NO3/c1-25-20-14-18-10-6-5-9-17(18)13-19(20)21(24)22(11-12-23)15-16-7-3-2-4-8-16/h2-10,13-14,23H,11-12,15H2,1H3. The lowest BCUT2D eigenvalue weighted by Crippen LogP contribution is -2.33. The summed E-state index contributed by atoms with van der Waals surface area (Å²) in [5, 5.41) is 11.4. The van der Waals surface area contributed by atoms with Gasteiger partial charge >= 0.3 is 0 Å². The molecule has 4 nitrogen and oxygen atoms in total. The van der Waals surface area contributed by atoms with Gasteiger partial charge in [-0.3, -0.25) is 4.79 Å². The lowest BCUT2D eigenvalue weighted by molar-refractivity contribution is 0.0704. The lowest BCUT2D eigenvalue weighted by atomic mass is 10.0. The van der Waals surface area contributed by atoms with Crippen LogP contribution in [-0.4, -0.2) is 36.2 Å². The number of rotatable bonds is 6. The smallest absolute Gasteiger partial charge is 0.258 e. The molecule has 1 amide bonds. The fourth-order valence-corrected chi connectivity index (χ4v) is 2.90. The largest absolute Gasteiger partial charge is 0.496 e. The summed E-state index contributed by atoms with van der Waals surface area (Å²) in [7, 11) is 1.56. The summed E-state index contributed by atoms with van der Waals surface area (Å²) in [5.41, 5.74) is 1.52. The fourth-order valence-electron chi connectivity index (χ4n) is 2.90. The van der Waals surface area contributed by atoms with Gasteiger partial charge in [0.2, 0.25) is 0 Å². The predicted octanol–water partition coefficient (Wildman–Crippen LogP) is 3.48. The third-order valence-corrected chi connectivity index (χ3v) is 4.17. The third kappa shape index (κ3) is 3.80. The van der Waals surface area contributed by atoms with Gasteiger partial charge in [-0.25, -0.2) is 0 Å². The highest BCUT2D eigenvalue weighted by Gasteiger charge is 2.20. The van der Waals surface area contributed by atoms with Crippen LogP contribution in [-0.2, 0) is 6.54 Å². The van der Waals surface area contributed by atoms with E-state index in [9.17, 15) is 9.90 Å². The van der Waals surface area contributed by atoms with Crippen molar-refractivity contribution in [2.45, 2.75) is 6.54 Å². The molecule has 3 aromatic carbocycles. The van der Waals surface area contributed by atoms with E-state index in [1.807, 2.05) is 66.7 Å². The van der Waals surface area contributed by atoms with Gasteiger partial charge in [-0.1, -0.05) is 54.6 Å². The fraction of sp³-hybridized carbons (Fsp3) is 0.190. The molecule has 0 saturated carbocycles. The summed E-state index contributed by atoms with van der Waals surface area (Å²) >= 11 is 0. The van der Waals surface area contributed by atoms with Gasteiger partial charge in [-0.15, -0.1) is 0 Å². The summed E-state index contributed by atoms with van der Waals surface area (Å²) in [6.07, 6.45) is 0. The van der Waals surface area contributed by atoms with Gasteiger partial charge in [0.25, 0.3) is 5.91 Å². The van der Waals surface area contributed by atoms with E-state index in [1.165, 1.54) is 0 Å². The number of hydrogen-bond acceptors (Lipinski definition) is 3. The molecule has 3 rings (SSSR count). The zero-order valence-corrected chi connectivity index (χ0v) is 14.2. The van der Waals surface area contributed by atoms with Crippen LogP contribution in [0.5, 0.6) is 5.75 Å². The topological polar surface area (TPSA) is 49.8 Å². The molecule has 3 aromatic rings. The molecule has 0 aliphatic rings. The molecule has 0 aromatic heterocycles. The second kappa shape index (κ2) is 7.81. The van der Waals surface area contributed by atoms with Gasteiger partial charge in [0.15, 0.2) is 0 Å². The zero-order chi connectivity index (χ0) is 17.6. The van der Waals surface area contributed by atoms with Gasteiger partial charge in [0.05, 0.1) is 19.3 Å². The van der Waals surface area contributed by atoms with Crippen molar-refractivity contribution in [2.75, 3.05) is 20.3 Å². The highest BCUT2D eigenvalue weighted by atomic mass is 16.5. The predicted molar refractivity (Wildman–Crippen MR) is 98.8 cm³/mol. The summed E-state index contributed by atoms with van der Waals surface area (Å²) in [6, 6.07) is 21.3. The van der Waals surface area contributed by atoms with Crippen LogP contribution < -0.4 is 4.74 Å². The molecule has 0 atom stereocenters. The van der Waals surface area contributed by atoms with Crippen LogP contribution in [0.25, 0.3) is 10.8 Å². The molecule has 4 heteroatoms. The number of amides is 1. The average Bonchev–Trinajstić information content (AvgIpc) is 2.67. The molecule has 0 heterocycles. The Hall–Kier alpha value is -2.85. The van der Waals surface area contributed by atoms with Gasteiger partial charge in [-0.2, -0.15) is 0 Å². The van der Waals surface area contributed by atoms with E-state index < -0.39 is 0 Å². The molecule has 0 radical (unpaired) electrons. The zero-order valence-electron chi connectivity index (χ0n) is 14.2. The average molecular weight is 335 g/mol. The minimum absolute atomic E-state index is 0.0888. The molecule has 0 spiro atoms. The Kier molecular flexibility index (Phi) is 5.31. The minimum Gasteiger partial charge on any atom is -0.496 e. The number of methoxy groups -OCH3 is 1. The molecule has 128 valence electrons. The Morgan fingerprint density at radius 2 is 1.64 bits per heavy atom. The van der Waals surface area contributed by atoms with Crippen LogP contribution >= 0.6 is 0 Å². The van der Waals surface area contributed by atoms with Crippen molar-refractivity contribution >= 4 is 16.7 Å². The quantitative estimate of drug-likeness (QED) is 0.750. The van der Waals surface area contributed by atoms with E-state index >= 15 is 0 Å². The number of hydrogen-bond donors (Lipinski definition) is 1. The number of fused-ring (bicyclic) bond motifs is 1. The van der Waals surface area contributed by atoms with Crippen LogP contribution in [0.1, 0.15) is 15.9 Å². The van der Waals surface area contributed by atoms with Crippen LogP contribution in [0.4, 0.5) is 0 Å². The number of aliphatic hydroxyl groups is 1. The summed E-state index contributed by atoms with van der Waals surface area (Å²) < 4.78 is 5.44. The van der Waals surface area contributed by atoms with E-state index in [-0.39, 0.29) is 19.1 Å². The molecular formula is C21H21NO3. The van der Waals surface area contributed by atoms with Gasteiger partial charge < -0.3 is 14.7 Å². The monoisotopic (exact) mass is 335 g/mol. The van der Waals surface area contributed by atoms with Gasteiger partial charge in [-0.05, 0) is 28.5 Å². The van der Waals surface area contributed by atoms with Gasteiger partial charge in [0, 0.05) is 13.1 Å². The number of nitrogens with zero attached hydrogens (tertiary/aromatic N) is 1. The van der Waals surface area contributed by atoms with Crippen LogP contribution in [0.2, 0.25) is 0 Å². The second-order valence-electron chi connectivity index (χ2n) is 5.84. The lowest BCUT2D eigenvalue weighted by Gasteiger charge is -2.23. The first kappa shape index (κ1) is 17.0. The van der Waals surface area contributed by atoms with Crippen molar-refractivity contribution in [2.24, 2.45) is 0 Å². The maximum Gasteiger partial charge on any atom is 0.258 e. The Labute approximate surface area is 147 Å². The first-order chi connectivity index (χ1) is 12.2. The van der Waals surface area contributed by atoms with Crippen molar-refractivity contribution in [1.29, 1.82) is 0 Å². The van der Waals surface area contributed by atoms with Crippen molar-refractivity contribution in [3.8, 4) is 5.75 Å². The first-order valence-electron chi connectivity index (χ1n) is 8.24. The number of carbonyl (C=O) groups excluding carboxylic acids is 1. The van der Waals surface area contributed by atoms with Crippen LogP contribution in [0, 0.1) is 0 Å². The Bertz CT molecular complexity index is 861. The van der Waals surface area contributed by atoms with Crippen molar-refractivity contribution < 1.29 is 14.6 Å². The molecule has 0 aliphatic heterocycles. The van der Waals surface area contributed by atoms with Crippen molar-refractivity contribution in [3.63, 3.8) is 0 Å². The summed E-state index contributed by atoms with van der Waals surface area (Å²) in [4.78, 5) is 14.7. The molecule has 0 unspecified atom stereocenters. The van der Waals surface area contributed by atoms with Crippen molar-refractivity contribution in [3.05, 3.63) is 77.9 Å². The first-order valence-corrected chi connectivity index (χ1v) is 8.24. The molecule has 0 aliphatic carbocycles. The maximum atomic E-state index is 13.1. The van der Waals surface area contributed by atoms with E-state index in [0.29, 0.717) is 17.9 Å². The van der Waals surface area contributed by atoms with E-state index in [0.717, 1.165) is 16.3 Å². The third-order valence-electron chi connectivity index (χ3n) is 4.17. The van der Waals surface area contributed by atoms with E-state index in [2.05, 4.69) is 0 Å². The molecular weight excluding hydrogens is 314 g/mol. The number of aliphatic hydroxyl groups excluding tert-OH is 1. The summed E-state index contributed by atoms with van der Waals surface area (Å²) in [5.74, 6) is 0.389.